The minimum Gasteiger partial charge on any atom is -0.444 e. The van der Waals surface area contributed by atoms with Crippen molar-refractivity contribution in [2.45, 2.75) is 57.5 Å². The predicted molar refractivity (Wildman–Crippen MR) is 65.2 cm³/mol. The number of nitrogens with one attached hydrogen (secondary N) is 1. The summed E-state index contributed by atoms with van der Waals surface area (Å²) < 4.78 is 10.5. The first-order valence-electron chi connectivity index (χ1n) is 6.22. The van der Waals surface area contributed by atoms with Crippen LogP contribution < -0.4 is 5.32 Å². The highest BCUT2D eigenvalue weighted by Crippen LogP contribution is 2.17. The Morgan fingerprint density at radius 2 is 2.17 bits per heavy atom. The van der Waals surface area contributed by atoms with Crippen LogP contribution in [0.2, 0.25) is 0 Å². The van der Waals surface area contributed by atoms with Gasteiger partial charge in [0, 0.05) is 0 Å². The van der Waals surface area contributed by atoms with E-state index in [9.17, 15) is 9.90 Å². The number of hydrogen-bond donors (Lipinski definition) is 3. The molecule has 6 heteroatoms. The molecule has 0 spiro atoms. The smallest absolute Gasteiger partial charge is 0.407 e. The summed E-state index contributed by atoms with van der Waals surface area (Å²) in [5.41, 5.74) is -0.519. The fraction of sp³-hybridized carbons (Fsp3) is 0.917. The van der Waals surface area contributed by atoms with E-state index in [1.54, 1.807) is 20.8 Å². The SMILES string of the molecule is CC(C)(C)OC(=O)NC1CC[C@@H](C(O)CO)OC1. The van der Waals surface area contributed by atoms with Gasteiger partial charge in [0.25, 0.3) is 0 Å². The number of amides is 1. The van der Waals surface area contributed by atoms with Crippen molar-refractivity contribution in [1.82, 2.24) is 5.32 Å². The number of rotatable bonds is 3. The lowest BCUT2D eigenvalue weighted by Gasteiger charge is -2.32. The Bertz CT molecular complexity index is 268. The Kier molecular flexibility index (Phi) is 5.37. The minimum atomic E-state index is -0.854. The molecule has 1 fully saturated rings. The molecule has 0 saturated carbocycles. The number of aliphatic hydroxyl groups is 2. The molecule has 1 amide bonds. The van der Waals surface area contributed by atoms with Crippen molar-refractivity contribution in [2.75, 3.05) is 13.2 Å². The molecule has 0 aromatic carbocycles. The van der Waals surface area contributed by atoms with Crippen LogP contribution in [-0.2, 0) is 9.47 Å². The lowest BCUT2D eigenvalue weighted by atomic mass is 10.0. The van der Waals surface area contributed by atoms with Crippen molar-refractivity contribution in [2.24, 2.45) is 0 Å². The summed E-state index contributed by atoms with van der Waals surface area (Å²) >= 11 is 0. The van der Waals surface area contributed by atoms with Crippen LogP contribution in [0.4, 0.5) is 4.79 Å². The molecule has 0 radical (unpaired) electrons. The van der Waals surface area contributed by atoms with E-state index in [0.29, 0.717) is 19.4 Å². The first-order valence-corrected chi connectivity index (χ1v) is 6.22. The molecule has 18 heavy (non-hydrogen) atoms. The molecule has 1 aliphatic heterocycles. The average molecular weight is 261 g/mol. The molecule has 0 bridgehead atoms. The normalized spacial score (nSPS) is 26.5. The molecule has 6 nitrogen and oxygen atoms in total. The molecule has 3 atom stereocenters. The molecule has 1 saturated heterocycles. The Morgan fingerprint density at radius 3 is 2.61 bits per heavy atom. The van der Waals surface area contributed by atoms with Gasteiger partial charge < -0.3 is 25.0 Å². The molecule has 0 aromatic heterocycles. The molecule has 1 aliphatic rings. The van der Waals surface area contributed by atoms with Crippen molar-refractivity contribution in [1.29, 1.82) is 0 Å². The van der Waals surface area contributed by atoms with Crippen LogP contribution in [0.5, 0.6) is 0 Å². The zero-order valence-electron chi connectivity index (χ0n) is 11.2. The van der Waals surface area contributed by atoms with Gasteiger partial charge in [0.15, 0.2) is 0 Å². The minimum absolute atomic E-state index is 0.109. The standard InChI is InChI=1S/C12H23NO5/c1-12(2,3)18-11(16)13-8-4-5-10(17-7-8)9(15)6-14/h8-10,14-15H,4-7H2,1-3H3,(H,13,16)/t8?,9?,10-/m0/s1. The molecule has 0 aromatic rings. The zero-order valence-corrected chi connectivity index (χ0v) is 11.2. The van der Waals surface area contributed by atoms with Crippen molar-refractivity contribution in [3.63, 3.8) is 0 Å². The van der Waals surface area contributed by atoms with Gasteiger partial charge in [0.05, 0.1) is 25.4 Å². The molecule has 0 aliphatic carbocycles. The fourth-order valence-corrected chi connectivity index (χ4v) is 1.78. The van der Waals surface area contributed by atoms with Gasteiger partial charge in [0.2, 0.25) is 0 Å². The van der Waals surface area contributed by atoms with Crippen LogP contribution in [0, 0.1) is 0 Å². The van der Waals surface area contributed by atoms with Gasteiger partial charge in [-0.3, -0.25) is 0 Å². The lowest BCUT2D eigenvalue weighted by Crippen LogP contribution is -2.47. The quantitative estimate of drug-likeness (QED) is 0.685. The maximum atomic E-state index is 11.5. The molecular weight excluding hydrogens is 238 g/mol. The van der Waals surface area contributed by atoms with Gasteiger partial charge in [-0.15, -0.1) is 0 Å². The maximum Gasteiger partial charge on any atom is 0.407 e. The molecule has 1 rings (SSSR count). The molecule has 2 unspecified atom stereocenters. The first kappa shape index (κ1) is 15.2. The van der Waals surface area contributed by atoms with E-state index in [-0.39, 0.29) is 18.8 Å². The largest absolute Gasteiger partial charge is 0.444 e. The Morgan fingerprint density at radius 1 is 1.50 bits per heavy atom. The molecule has 106 valence electrons. The van der Waals surface area contributed by atoms with E-state index < -0.39 is 17.8 Å². The summed E-state index contributed by atoms with van der Waals surface area (Å²) in [7, 11) is 0. The lowest BCUT2D eigenvalue weighted by molar-refractivity contribution is -0.0871. The first-order chi connectivity index (χ1) is 8.31. The number of carbonyl (C=O) groups is 1. The van der Waals surface area contributed by atoms with E-state index in [1.165, 1.54) is 0 Å². The van der Waals surface area contributed by atoms with Crippen LogP contribution in [0.15, 0.2) is 0 Å². The van der Waals surface area contributed by atoms with E-state index in [2.05, 4.69) is 5.32 Å². The third-order valence-electron chi connectivity index (χ3n) is 2.65. The third-order valence-corrected chi connectivity index (χ3v) is 2.65. The van der Waals surface area contributed by atoms with Gasteiger partial charge >= 0.3 is 6.09 Å². The highest BCUT2D eigenvalue weighted by atomic mass is 16.6. The Hall–Kier alpha value is -0.850. The summed E-state index contributed by atoms with van der Waals surface area (Å²) in [5, 5.41) is 20.9. The molecule has 1 heterocycles. The number of carbonyl (C=O) groups excluding carboxylic acids is 1. The van der Waals surface area contributed by atoms with Gasteiger partial charge in [0.1, 0.15) is 11.7 Å². The number of hydrogen-bond acceptors (Lipinski definition) is 5. The van der Waals surface area contributed by atoms with E-state index in [1.807, 2.05) is 0 Å². The van der Waals surface area contributed by atoms with Gasteiger partial charge in [-0.2, -0.15) is 0 Å². The van der Waals surface area contributed by atoms with Gasteiger partial charge in [-0.05, 0) is 33.6 Å². The fourth-order valence-electron chi connectivity index (χ4n) is 1.78. The number of aliphatic hydroxyl groups excluding tert-OH is 2. The monoisotopic (exact) mass is 261 g/mol. The summed E-state index contributed by atoms with van der Waals surface area (Å²) in [5.74, 6) is 0. The highest BCUT2D eigenvalue weighted by Gasteiger charge is 2.28. The summed E-state index contributed by atoms with van der Waals surface area (Å²) in [4.78, 5) is 11.5. The van der Waals surface area contributed by atoms with Crippen molar-refractivity contribution < 1.29 is 24.5 Å². The van der Waals surface area contributed by atoms with Crippen LogP contribution in [0.3, 0.4) is 0 Å². The second-order valence-corrected chi connectivity index (χ2v) is 5.54. The predicted octanol–water partition coefficient (Wildman–Crippen LogP) is 0.412. The number of alkyl carbamates (subject to hydrolysis) is 1. The van der Waals surface area contributed by atoms with E-state index in [4.69, 9.17) is 14.6 Å². The molecule has 3 N–H and O–H groups in total. The topological polar surface area (TPSA) is 88.0 Å². The second-order valence-electron chi connectivity index (χ2n) is 5.54. The molecular formula is C12H23NO5. The van der Waals surface area contributed by atoms with Crippen LogP contribution >= 0.6 is 0 Å². The van der Waals surface area contributed by atoms with Gasteiger partial charge in [-0.1, -0.05) is 0 Å². The average Bonchev–Trinajstić information content (AvgIpc) is 2.26. The van der Waals surface area contributed by atoms with Crippen LogP contribution in [0.25, 0.3) is 0 Å². The summed E-state index contributed by atoms with van der Waals surface area (Å²) in [6.45, 7) is 5.42. The number of ether oxygens (including phenoxy) is 2. The Labute approximate surface area is 107 Å². The van der Waals surface area contributed by atoms with Crippen LogP contribution in [0.1, 0.15) is 33.6 Å². The summed E-state index contributed by atoms with van der Waals surface area (Å²) in [6, 6.07) is -0.109. The van der Waals surface area contributed by atoms with Crippen molar-refractivity contribution >= 4 is 6.09 Å². The van der Waals surface area contributed by atoms with Crippen molar-refractivity contribution in [3.8, 4) is 0 Å². The third kappa shape index (κ3) is 5.20. The van der Waals surface area contributed by atoms with Crippen LogP contribution in [-0.4, -0.2) is 53.4 Å². The summed E-state index contributed by atoms with van der Waals surface area (Å²) in [6.07, 6.45) is -0.375. The zero-order chi connectivity index (χ0) is 13.8. The maximum absolute atomic E-state index is 11.5. The second kappa shape index (κ2) is 6.36. The van der Waals surface area contributed by atoms with Gasteiger partial charge in [-0.25, -0.2) is 4.79 Å². The Balaban J connectivity index is 2.29. The van der Waals surface area contributed by atoms with E-state index >= 15 is 0 Å². The highest BCUT2D eigenvalue weighted by molar-refractivity contribution is 5.68. The van der Waals surface area contributed by atoms with E-state index in [0.717, 1.165) is 0 Å². The van der Waals surface area contributed by atoms with Crippen molar-refractivity contribution in [3.05, 3.63) is 0 Å².